The fourth-order valence-corrected chi connectivity index (χ4v) is 0.585. The molecule has 0 radical (unpaired) electrons. The minimum absolute atomic E-state index is 0.694. The maximum Gasteiger partial charge on any atom is 0.217 e. The zero-order chi connectivity index (χ0) is 14.1. The van der Waals surface area contributed by atoms with Gasteiger partial charge in [-0.1, -0.05) is 12.2 Å². The van der Waals surface area contributed by atoms with Gasteiger partial charge in [0.05, 0.1) is 41.5 Å². The third-order valence-electron chi connectivity index (χ3n) is 1.46. The first-order valence-corrected chi connectivity index (χ1v) is 6.35. The zero-order valence-corrected chi connectivity index (χ0v) is 12.0. The van der Waals surface area contributed by atoms with Gasteiger partial charge in [0.15, 0.2) is 0 Å². The first-order chi connectivity index (χ1) is 7.48. The predicted octanol–water partition coefficient (Wildman–Crippen LogP) is 0.378. The molecule has 0 saturated carbocycles. The van der Waals surface area contributed by atoms with E-state index in [9.17, 15) is 13.0 Å². The van der Waals surface area contributed by atoms with E-state index in [0.717, 1.165) is 30.3 Å². The zero-order valence-electron chi connectivity index (χ0n) is 11.2. The van der Waals surface area contributed by atoms with E-state index >= 15 is 0 Å². The average Bonchev–Trinajstić information content (AvgIpc) is 2.11. The van der Waals surface area contributed by atoms with Crippen molar-refractivity contribution in [2.24, 2.45) is 0 Å². The molecule has 6 nitrogen and oxygen atoms in total. The Labute approximate surface area is 104 Å². The highest BCUT2D eigenvalue weighted by Crippen LogP contribution is 1.92. The quantitative estimate of drug-likeness (QED) is 0.229. The summed E-state index contributed by atoms with van der Waals surface area (Å²) in [7, 11) is 2.87. The Balaban J connectivity index is 0. The molecule has 0 aromatic carbocycles. The van der Waals surface area contributed by atoms with Crippen molar-refractivity contribution in [1.82, 2.24) is 0 Å². The SMILES string of the molecule is C=C(C)COCC[N+](C)(C)C.COS(=O)(=O)[O-]. The molecule has 0 saturated heterocycles. The second-order valence-corrected chi connectivity index (χ2v) is 5.75. The molecule has 0 aromatic heterocycles. The fourth-order valence-electron chi connectivity index (χ4n) is 0.585. The van der Waals surface area contributed by atoms with E-state index in [1.807, 2.05) is 6.92 Å². The summed E-state index contributed by atoms with van der Waals surface area (Å²) in [6.45, 7) is 8.30. The molecular formula is C10H23NO5S. The van der Waals surface area contributed by atoms with Crippen LogP contribution in [0.1, 0.15) is 6.92 Å². The van der Waals surface area contributed by atoms with Crippen molar-refractivity contribution in [2.75, 3.05) is 48.0 Å². The van der Waals surface area contributed by atoms with Crippen LogP contribution in [0.15, 0.2) is 12.2 Å². The molecule has 0 aliphatic heterocycles. The van der Waals surface area contributed by atoms with Gasteiger partial charge in [0.25, 0.3) is 0 Å². The molecule has 0 rings (SSSR count). The van der Waals surface area contributed by atoms with Crippen LogP contribution in [0.25, 0.3) is 0 Å². The van der Waals surface area contributed by atoms with Crippen LogP contribution in [0, 0.1) is 0 Å². The van der Waals surface area contributed by atoms with Crippen molar-refractivity contribution in [2.45, 2.75) is 6.92 Å². The van der Waals surface area contributed by atoms with Gasteiger partial charge in [-0.3, -0.25) is 4.18 Å². The van der Waals surface area contributed by atoms with Crippen molar-refractivity contribution in [1.29, 1.82) is 0 Å². The topological polar surface area (TPSA) is 75.7 Å². The van der Waals surface area contributed by atoms with Crippen LogP contribution in [0.5, 0.6) is 0 Å². The summed E-state index contributed by atoms with van der Waals surface area (Å²) >= 11 is 0. The molecule has 0 aliphatic carbocycles. The van der Waals surface area contributed by atoms with Gasteiger partial charge in [-0.25, -0.2) is 8.42 Å². The van der Waals surface area contributed by atoms with E-state index < -0.39 is 10.4 Å². The maximum atomic E-state index is 9.22. The maximum absolute atomic E-state index is 9.22. The predicted molar refractivity (Wildman–Crippen MR) is 65.2 cm³/mol. The molecule has 0 bridgehead atoms. The van der Waals surface area contributed by atoms with Crippen LogP contribution >= 0.6 is 0 Å². The highest BCUT2D eigenvalue weighted by Gasteiger charge is 2.04. The number of ether oxygens (including phenoxy) is 1. The highest BCUT2D eigenvalue weighted by molar-refractivity contribution is 7.80. The van der Waals surface area contributed by atoms with Gasteiger partial charge in [-0.15, -0.1) is 0 Å². The van der Waals surface area contributed by atoms with Crippen molar-refractivity contribution in [3.63, 3.8) is 0 Å². The third kappa shape index (κ3) is 25.6. The molecule has 7 heteroatoms. The van der Waals surface area contributed by atoms with Crippen molar-refractivity contribution >= 4 is 10.4 Å². The fraction of sp³-hybridized carbons (Fsp3) is 0.800. The Bertz CT molecular complexity index is 305. The number of quaternary nitrogens is 1. The van der Waals surface area contributed by atoms with Crippen LogP contribution in [0.4, 0.5) is 0 Å². The molecule has 0 atom stereocenters. The Morgan fingerprint density at radius 2 is 1.76 bits per heavy atom. The molecule has 0 heterocycles. The summed E-state index contributed by atoms with van der Waals surface area (Å²) < 4.78 is 37.3. The molecular weight excluding hydrogens is 246 g/mol. The van der Waals surface area contributed by atoms with E-state index in [-0.39, 0.29) is 0 Å². The average molecular weight is 269 g/mol. The largest absolute Gasteiger partial charge is 0.726 e. The molecule has 0 amide bonds. The summed E-state index contributed by atoms with van der Waals surface area (Å²) in [5, 5.41) is 0. The van der Waals surface area contributed by atoms with E-state index in [4.69, 9.17) is 4.74 Å². The summed E-state index contributed by atoms with van der Waals surface area (Å²) in [4.78, 5) is 0. The molecule has 0 unspecified atom stereocenters. The van der Waals surface area contributed by atoms with Gasteiger partial charge < -0.3 is 13.8 Å². The third-order valence-corrected chi connectivity index (χ3v) is 1.87. The number of rotatable bonds is 6. The molecule has 104 valence electrons. The number of likely N-dealkylation sites (N-methyl/N-ethyl adjacent to an activating group) is 1. The lowest BCUT2D eigenvalue weighted by molar-refractivity contribution is -0.870. The number of nitrogens with zero attached hydrogens (tertiary/aromatic N) is 1. The summed E-state index contributed by atoms with van der Waals surface area (Å²) in [5.41, 5.74) is 1.09. The van der Waals surface area contributed by atoms with Crippen molar-refractivity contribution < 1.29 is 26.4 Å². The lowest BCUT2D eigenvalue weighted by Crippen LogP contribution is -2.37. The summed E-state index contributed by atoms with van der Waals surface area (Å²) in [5.74, 6) is 0. The van der Waals surface area contributed by atoms with Crippen LogP contribution in [0.2, 0.25) is 0 Å². The molecule has 0 aromatic rings. The van der Waals surface area contributed by atoms with E-state index in [1.54, 1.807) is 0 Å². The minimum atomic E-state index is -4.41. The first kappa shape index (κ1) is 18.9. The lowest BCUT2D eigenvalue weighted by Gasteiger charge is -2.23. The minimum Gasteiger partial charge on any atom is -0.726 e. The normalized spacial score (nSPS) is 11.6. The summed E-state index contributed by atoms with van der Waals surface area (Å²) in [6, 6.07) is 0. The van der Waals surface area contributed by atoms with E-state index in [2.05, 4.69) is 31.9 Å². The van der Waals surface area contributed by atoms with Crippen molar-refractivity contribution in [3.8, 4) is 0 Å². The monoisotopic (exact) mass is 269 g/mol. The van der Waals surface area contributed by atoms with Crippen LogP contribution < -0.4 is 0 Å². The van der Waals surface area contributed by atoms with Gasteiger partial charge in [0.2, 0.25) is 10.4 Å². The van der Waals surface area contributed by atoms with Gasteiger partial charge in [-0.05, 0) is 6.92 Å². The van der Waals surface area contributed by atoms with Gasteiger partial charge in [0, 0.05) is 0 Å². The lowest BCUT2D eigenvalue weighted by atomic mass is 10.4. The Hall–Kier alpha value is -0.470. The molecule has 0 aliphatic rings. The Kier molecular flexibility index (Phi) is 9.55. The molecule has 0 spiro atoms. The highest BCUT2D eigenvalue weighted by atomic mass is 32.3. The Morgan fingerprint density at radius 1 is 1.35 bits per heavy atom. The smallest absolute Gasteiger partial charge is 0.217 e. The molecule has 0 fully saturated rings. The van der Waals surface area contributed by atoms with Gasteiger partial charge >= 0.3 is 0 Å². The number of hydrogen-bond donors (Lipinski definition) is 0. The van der Waals surface area contributed by atoms with E-state index in [0.29, 0.717) is 6.61 Å². The van der Waals surface area contributed by atoms with E-state index in [1.165, 1.54) is 0 Å². The number of hydrogen-bond acceptors (Lipinski definition) is 5. The first-order valence-electron chi connectivity index (χ1n) is 5.02. The molecule has 0 N–H and O–H groups in total. The van der Waals surface area contributed by atoms with Crippen LogP contribution in [-0.4, -0.2) is 65.5 Å². The second-order valence-electron chi connectivity index (χ2n) is 4.60. The van der Waals surface area contributed by atoms with Gasteiger partial charge in [-0.2, -0.15) is 0 Å². The van der Waals surface area contributed by atoms with Gasteiger partial charge in [0.1, 0.15) is 6.54 Å². The standard InChI is InChI=1S/C9H20NO.CH4O4S/c1-9(2)8-11-7-6-10(3,4)5;1-5-6(2,3)4/h1,6-8H2,2-5H3;1H3,(H,2,3,4)/q+1;/p-1. The molecule has 17 heavy (non-hydrogen) atoms. The Morgan fingerprint density at radius 3 is 2.00 bits per heavy atom. The van der Waals surface area contributed by atoms with Crippen LogP contribution in [-0.2, 0) is 19.3 Å². The van der Waals surface area contributed by atoms with Crippen molar-refractivity contribution in [3.05, 3.63) is 12.2 Å². The second kappa shape index (κ2) is 8.60. The van der Waals surface area contributed by atoms with Crippen LogP contribution in [0.3, 0.4) is 0 Å². The summed E-state index contributed by atoms with van der Waals surface area (Å²) in [6.07, 6.45) is 0.